The molecule has 5 heteroatoms. The molecule has 0 heterocycles. The van der Waals surface area contributed by atoms with Crippen LogP contribution in [0.4, 0.5) is 0 Å². The molecule has 100 valence electrons. The summed E-state index contributed by atoms with van der Waals surface area (Å²) in [6.45, 7) is 0.387. The summed E-state index contributed by atoms with van der Waals surface area (Å²) in [5, 5.41) is 1.31. The van der Waals surface area contributed by atoms with Crippen LogP contribution in [0.15, 0.2) is 40.9 Å². The van der Waals surface area contributed by atoms with Crippen molar-refractivity contribution in [3.63, 3.8) is 0 Å². The van der Waals surface area contributed by atoms with Gasteiger partial charge in [-0.25, -0.2) is 0 Å². The highest BCUT2D eigenvalue weighted by Gasteiger charge is 2.06. The summed E-state index contributed by atoms with van der Waals surface area (Å²) in [5.41, 5.74) is 1.78. The molecule has 2 rings (SSSR count). The number of hydrogen-bond acceptors (Lipinski definition) is 1. The third-order valence-electron chi connectivity index (χ3n) is 2.56. The standard InChI is InChI=1S/C14H10BrCl3O/c15-11-2-1-9(13(18)6-11)8-19-14-4-3-12(17)5-10(14)7-16/h1-6H,7-8H2. The van der Waals surface area contributed by atoms with E-state index in [0.29, 0.717) is 22.5 Å². The van der Waals surface area contributed by atoms with Crippen molar-refractivity contribution in [1.29, 1.82) is 0 Å². The SMILES string of the molecule is ClCc1cc(Cl)ccc1OCc1ccc(Br)cc1Cl. The van der Waals surface area contributed by atoms with E-state index in [0.717, 1.165) is 21.3 Å². The summed E-state index contributed by atoms with van der Waals surface area (Å²) in [5.74, 6) is 1.07. The second-order valence-electron chi connectivity index (χ2n) is 3.91. The van der Waals surface area contributed by atoms with Crippen LogP contribution in [-0.2, 0) is 12.5 Å². The zero-order valence-electron chi connectivity index (χ0n) is 9.80. The van der Waals surface area contributed by atoms with Gasteiger partial charge in [0.25, 0.3) is 0 Å². The van der Waals surface area contributed by atoms with Crippen molar-refractivity contribution >= 4 is 50.7 Å². The molecule has 0 atom stereocenters. The van der Waals surface area contributed by atoms with Crippen LogP contribution in [0, 0.1) is 0 Å². The average Bonchev–Trinajstić information content (AvgIpc) is 2.39. The molecule has 0 aliphatic carbocycles. The second-order valence-corrected chi connectivity index (χ2v) is 5.94. The molecule has 0 aliphatic heterocycles. The molecule has 2 aromatic carbocycles. The molecule has 0 saturated carbocycles. The Kier molecular flexibility index (Phi) is 5.40. The average molecular weight is 380 g/mol. The van der Waals surface area contributed by atoms with Gasteiger partial charge >= 0.3 is 0 Å². The van der Waals surface area contributed by atoms with Crippen molar-refractivity contribution in [2.24, 2.45) is 0 Å². The summed E-state index contributed by atoms with van der Waals surface area (Å²) in [7, 11) is 0. The van der Waals surface area contributed by atoms with E-state index in [-0.39, 0.29) is 0 Å². The lowest BCUT2D eigenvalue weighted by Gasteiger charge is -2.11. The van der Waals surface area contributed by atoms with Crippen molar-refractivity contribution in [3.05, 3.63) is 62.0 Å². The van der Waals surface area contributed by atoms with Crippen LogP contribution in [0.5, 0.6) is 5.75 Å². The normalized spacial score (nSPS) is 10.5. The van der Waals surface area contributed by atoms with Crippen LogP contribution in [0.1, 0.15) is 11.1 Å². The molecular formula is C14H10BrCl3O. The topological polar surface area (TPSA) is 9.23 Å². The summed E-state index contributed by atoms with van der Waals surface area (Å²) < 4.78 is 6.69. The highest BCUT2D eigenvalue weighted by Crippen LogP contribution is 2.27. The lowest BCUT2D eigenvalue weighted by molar-refractivity contribution is 0.304. The number of rotatable bonds is 4. The van der Waals surface area contributed by atoms with E-state index < -0.39 is 0 Å². The van der Waals surface area contributed by atoms with Gasteiger partial charge in [0.15, 0.2) is 0 Å². The summed E-state index contributed by atoms with van der Waals surface area (Å²) in [6.07, 6.45) is 0. The largest absolute Gasteiger partial charge is 0.489 e. The molecule has 0 unspecified atom stereocenters. The maximum atomic E-state index is 6.14. The number of ether oxygens (including phenoxy) is 1. The third kappa shape index (κ3) is 4.03. The quantitative estimate of drug-likeness (QED) is 0.585. The van der Waals surface area contributed by atoms with Gasteiger partial charge in [0.1, 0.15) is 12.4 Å². The Labute approximate surface area is 135 Å². The number of hydrogen-bond donors (Lipinski definition) is 0. The Hall–Kier alpha value is -0.410. The smallest absolute Gasteiger partial charge is 0.124 e. The minimum absolute atomic E-state index is 0.351. The van der Waals surface area contributed by atoms with Crippen molar-refractivity contribution in [3.8, 4) is 5.75 Å². The minimum Gasteiger partial charge on any atom is -0.489 e. The van der Waals surface area contributed by atoms with Crippen LogP contribution in [0.3, 0.4) is 0 Å². The fourth-order valence-corrected chi connectivity index (χ4v) is 2.72. The fourth-order valence-electron chi connectivity index (χ4n) is 1.59. The van der Waals surface area contributed by atoms with E-state index in [1.54, 1.807) is 12.1 Å². The highest BCUT2D eigenvalue weighted by atomic mass is 79.9. The summed E-state index contributed by atoms with van der Waals surface area (Å²) in [6, 6.07) is 11.1. The van der Waals surface area contributed by atoms with Gasteiger partial charge in [-0.05, 0) is 30.3 Å². The van der Waals surface area contributed by atoms with Crippen LogP contribution < -0.4 is 4.74 Å². The van der Waals surface area contributed by atoms with Crippen LogP contribution in [0.2, 0.25) is 10.0 Å². The van der Waals surface area contributed by atoms with Gasteiger partial charge in [0, 0.05) is 25.6 Å². The van der Waals surface area contributed by atoms with Crippen LogP contribution in [0.25, 0.3) is 0 Å². The fraction of sp³-hybridized carbons (Fsp3) is 0.143. The lowest BCUT2D eigenvalue weighted by atomic mass is 10.2. The molecular weight excluding hydrogens is 370 g/mol. The molecule has 0 amide bonds. The predicted octanol–water partition coefficient (Wildman–Crippen LogP) is 6.07. The highest BCUT2D eigenvalue weighted by molar-refractivity contribution is 9.10. The molecule has 0 bridgehead atoms. The first-order chi connectivity index (χ1) is 9.10. The van der Waals surface area contributed by atoms with Crippen molar-refractivity contribution in [2.45, 2.75) is 12.5 Å². The maximum absolute atomic E-state index is 6.14. The van der Waals surface area contributed by atoms with Crippen molar-refractivity contribution < 1.29 is 4.74 Å². The van der Waals surface area contributed by atoms with Crippen molar-refractivity contribution in [2.75, 3.05) is 0 Å². The number of alkyl halides is 1. The zero-order chi connectivity index (χ0) is 13.8. The van der Waals surface area contributed by atoms with Gasteiger partial charge in [0.2, 0.25) is 0 Å². The van der Waals surface area contributed by atoms with E-state index in [9.17, 15) is 0 Å². The van der Waals surface area contributed by atoms with Gasteiger partial charge in [0.05, 0.1) is 5.88 Å². The molecule has 1 nitrogen and oxygen atoms in total. The Morgan fingerprint density at radius 2 is 1.79 bits per heavy atom. The Bertz CT molecular complexity index is 587. The van der Waals surface area contributed by atoms with E-state index >= 15 is 0 Å². The van der Waals surface area contributed by atoms with Crippen molar-refractivity contribution in [1.82, 2.24) is 0 Å². The molecule has 0 aromatic heterocycles. The first kappa shape index (κ1) is 15.0. The van der Waals surface area contributed by atoms with E-state index in [1.807, 2.05) is 24.3 Å². The molecule has 19 heavy (non-hydrogen) atoms. The summed E-state index contributed by atoms with van der Waals surface area (Å²) in [4.78, 5) is 0. The Morgan fingerprint density at radius 3 is 2.47 bits per heavy atom. The third-order valence-corrected chi connectivity index (χ3v) is 3.93. The predicted molar refractivity (Wildman–Crippen MR) is 84.5 cm³/mol. The van der Waals surface area contributed by atoms with E-state index in [1.165, 1.54) is 0 Å². The monoisotopic (exact) mass is 378 g/mol. The first-order valence-corrected chi connectivity index (χ1v) is 7.59. The van der Waals surface area contributed by atoms with Crippen LogP contribution >= 0.6 is 50.7 Å². The van der Waals surface area contributed by atoms with Gasteiger partial charge in [-0.3, -0.25) is 0 Å². The number of benzene rings is 2. The number of halogens is 4. The molecule has 2 aromatic rings. The lowest BCUT2D eigenvalue weighted by Crippen LogP contribution is -1.98. The van der Waals surface area contributed by atoms with Crippen LogP contribution in [-0.4, -0.2) is 0 Å². The minimum atomic E-state index is 0.351. The van der Waals surface area contributed by atoms with Gasteiger partial charge in [-0.15, -0.1) is 11.6 Å². The Balaban J connectivity index is 2.14. The molecule has 0 spiro atoms. The second kappa shape index (κ2) is 6.85. The molecule has 0 saturated heterocycles. The molecule has 0 aliphatic rings. The van der Waals surface area contributed by atoms with Gasteiger partial charge in [-0.2, -0.15) is 0 Å². The zero-order valence-corrected chi connectivity index (χ0v) is 13.7. The summed E-state index contributed by atoms with van der Waals surface area (Å²) >= 11 is 21.3. The van der Waals surface area contributed by atoms with E-state index in [2.05, 4.69) is 15.9 Å². The molecule has 0 N–H and O–H groups in total. The maximum Gasteiger partial charge on any atom is 0.124 e. The molecule has 0 radical (unpaired) electrons. The van der Waals surface area contributed by atoms with E-state index in [4.69, 9.17) is 39.5 Å². The molecule has 0 fully saturated rings. The van der Waals surface area contributed by atoms with Gasteiger partial charge in [-0.1, -0.05) is 45.2 Å². The van der Waals surface area contributed by atoms with Gasteiger partial charge < -0.3 is 4.74 Å². The first-order valence-electron chi connectivity index (χ1n) is 5.51. The Morgan fingerprint density at radius 1 is 1.00 bits per heavy atom.